The van der Waals surface area contributed by atoms with E-state index in [1.807, 2.05) is 0 Å². The highest BCUT2D eigenvalue weighted by atomic mass is 28.3. The van der Waals surface area contributed by atoms with E-state index in [4.69, 9.17) is 0 Å². The number of para-hydroxylation sites is 2. The molecule has 2 aromatic heterocycles. The summed E-state index contributed by atoms with van der Waals surface area (Å²) in [6.45, 7) is 7.12. The van der Waals surface area contributed by atoms with Gasteiger partial charge in [-0.15, -0.1) is 0 Å². The molecule has 2 nitrogen and oxygen atoms in total. The Bertz CT molecular complexity index is 1010. The van der Waals surface area contributed by atoms with Crippen LogP contribution in [0, 0.1) is 0 Å². The summed E-state index contributed by atoms with van der Waals surface area (Å²) >= 11 is 0. The van der Waals surface area contributed by atoms with Gasteiger partial charge in [0.2, 0.25) is 0 Å². The molecule has 2 heterocycles. The molecule has 0 radical (unpaired) electrons. The van der Waals surface area contributed by atoms with Crippen molar-refractivity contribution in [1.29, 1.82) is 0 Å². The molecule has 0 amide bonds. The van der Waals surface area contributed by atoms with Crippen molar-refractivity contribution in [3.8, 4) is 0 Å². The van der Waals surface area contributed by atoms with Crippen LogP contribution in [-0.4, -0.2) is 17.2 Å². The van der Waals surface area contributed by atoms with Gasteiger partial charge in [0.15, 0.2) is 0 Å². The van der Waals surface area contributed by atoms with Crippen LogP contribution in [-0.2, 0) is 14.1 Å². The predicted molar refractivity (Wildman–Crippen MR) is 123 cm³/mol. The van der Waals surface area contributed by atoms with Gasteiger partial charge in [-0.25, -0.2) is 0 Å². The fraction of sp³-hybridized carbons (Fsp3) is 0.333. The molecular formula is C24H32N2Si. The first-order valence-corrected chi connectivity index (χ1v) is 12.7. The molecule has 0 atom stereocenters. The summed E-state index contributed by atoms with van der Waals surface area (Å²) in [5.41, 5.74) is 2.68. The van der Waals surface area contributed by atoms with Gasteiger partial charge in [0.25, 0.3) is 0 Å². The van der Waals surface area contributed by atoms with Gasteiger partial charge >= 0.3 is 0 Å². The lowest BCUT2D eigenvalue weighted by molar-refractivity contribution is 0.969. The Morgan fingerprint density at radius 2 is 1.26 bits per heavy atom. The third-order valence-electron chi connectivity index (χ3n) is 6.32. The molecule has 0 aliphatic heterocycles. The van der Waals surface area contributed by atoms with Crippen molar-refractivity contribution in [3.63, 3.8) is 0 Å². The molecule has 2 aromatic carbocycles. The van der Waals surface area contributed by atoms with Crippen LogP contribution in [0.3, 0.4) is 0 Å². The molecule has 0 bridgehead atoms. The lowest BCUT2D eigenvalue weighted by Crippen LogP contribution is -2.48. The first-order valence-electron chi connectivity index (χ1n) is 10.1. The smallest absolute Gasteiger partial charge is 0.107 e. The normalized spacial score (nSPS) is 11.6. The van der Waals surface area contributed by atoms with Crippen LogP contribution in [0.1, 0.15) is 20.8 Å². The van der Waals surface area contributed by atoms with Gasteiger partial charge in [-0.05, 0) is 35.0 Å². The van der Waals surface area contributed by atoms with Crippen molar-refractivity contribution in [2.45, 2.75) is 38.9 Å². The summed E-state index contributed by atoms with van der Waals surface area (Å²) in [5, 5.41) is 4.34. The molecule has 0 saturated heterocycles. The minimum atomic E-state index is -1.26. The number of rotatable bonds is 4. The summed E-state index contributed by atoms with van der Waals surface area (Å²) in [6, 6.07) is 25.7. The van der Waals surface area contributed by atoms with Crippen LogP contribution in [0.25, 0.3) is 21.8 Å². The van der Waals surface area contributed by atoms with Crippen LogP contribution >= 0.6 is 0 Å². The van der Waals surface area contributed by atoms with E-state index in [1.54, 1.807) is 5.32 Å². The topological polar surface area (TPSA) is 9.86 Å². The Hall–Kier alpha value is -2.26. The standard InChI is InChI=1S/C15H23NSi.C9H9N/c1-5-17(6-2,7-3)15-12-13-10-8-9-11-14(13)16(15)4;1-10-7-6-8-4-2-3-5-9(8)10/h8-12H,5-7H2,1-4H3;2-7H,1H3. The minimum absolute atomic E-state index is 1.26. The second-order valence-electron chi connectivity index (χ2n) is 7.47. The summed E-state index contributed by atoms with van der Waals surface area (Å²) in [7, 11) is 3.04. The molecule has 0 aliphatic carbocycles. The quantitative estimate of drug-likeness (QED) is 0.382. The summed E-state index contributed by atoms with van der Waals surface area (Å²) in [4.78, 5) is 0. The van der Waals surface area contributed by atoms with Crippen molar-refractivity contribution >= 4 is 35.2 Å². The fourth-order valence-electron chi connectivity index (χ4n) is 4.31. The minimum Gasteiger partial charge on any atom is -0.352 e. The maximum absolute atomic E-state index is 2.44. The van der Waals surface area contributed by atoms with E-state index in [1.165, 1.54) is 39.9 Å². The van der Waals surface area contributed by atoms with Gasteiger partial charge in [0.05, 0.1) is 0 Å². The maximum Gasteiger partial charge on any atom is 0.107 e. The molecule has 0 unspecified atom stereocenters. The molecule has 3 heteroatoms. The molecule has 0 saturated carbocycles. The van der Waals surface area contributed by atoms with Gasteiger partial charge in [-0.2, -0.15) is 0 Å². The molecule has 0 spiro atoms. The number of hydrogen-bond donors (Lipinski definition) is 0. The highest BCUT2D eigenvalue weighted by Crippen LogP contribution is 2.23. The molecule has 27 heavy (non-hydrogen) atoms. The molecule has 142 valence electrons. The zero-order chi connectivity index (χ0) is 19.4. The van der Waals surface area contributed by atoms with Crippen molar-refractivity contribution < 1.29 is 0 Å². The maximum atomic E-state index is 2.44. The second-order valence-corrected chi connectivity index (χ2v) is 12.7. The van der Waals surface area contributed by atoms with E-state index < -0.39 is 8.07 Å². The Labute approximate surface area is 164 Å². The Morgan fingerprint density at radius 3 is 1.81 bits per heavy atom. The van der Waals surface area contributed by atoms with E-state index >= 15 is 0 Å². The van der Waals surface area contributed by atoms with Crippen LogP contribution < -0.4 is 5.32 Å². The van der Waals surface area contributed by atoms with Crippen molar-refractivity contribution in [2.75, 3.05) is 0 Å². The monoisotopic (exact) mass is 376 g/mol. The van der Waals surface area contributed by atoms with Gasteiger partial charge < -0.3 is 9.13 Å². The summed E-state index contributed by atoms with van der Waals surface area (Å²) in [5.74, 6) is 0. The number of fused-ring (bicyclic) bond motifs is 2. The predicted octanol–water partition coefficient (Wildman–Crippen LogP) is 6.07. The number of hydrogen-bond acceptors (Lipinski definition) is 0. The Morgan fingerprint density at radius 1 is 0.704 bits per heavy atom. The molecule has 0 aliphatic rings. The van der Waals surface area contributed by atoms with Crippen molar-refractivity contribution in [2.24, 2.45) is 14.1 Å². The third-order valence-corrected chi connectivity index (χ3v) is 11.9. The average Bonchev–Trinajstić information content (AvgIpc) is 3.26. The Kier molecular flexibility index (Phi) is 5.91. The van der Waals surface area contributed by atoms with Gasteiger partial charge in [0.1, 0.15) is 8.07 Å². The highest BCUT2D eigenvalue weighted by molar-refractivity contribution is 6.91. The molecule has 0 fully saturated rings. The SMILES string of the molecule is CC[Si](CC)(CC)c1cc2ccccc2n1C.Cn1ccc2ccccc21. The summed E-state index contributed by atoms with van der Waals surface area (Å²) < 4.78 is 4.56. The van der Waals surface area contributed by atoms with E-state index in [0.29, 0.717) is 0 Å². The Balaban J connectivity index is 0.000000177. The fourth-order valence-corrected chi connectivity index (χ4v) is 8.19. The van der Waals surface area contributed by atoms with Gasteiger partial charge in [-0.1, -0.05) is 75.3 Å². The third kappa shape index (κ3) is 3.61. The van der Waals surface area contributed by atoms with Crippen molar-refractivity contribution in [3.05, 3.63) is 66.9 Å². The number of aromatic nitrogens is 2. The van der Waals surface area contributed by atoms with Gasteiger partial charge in [0, 0.05) is 36.6 Å². The van der Waals surface area contributed by atoms with Crippen LogP contribution in [0.15, 0.2) is 66.9 Å². The average molecular weight is 377 g/mol. The first kappa shape index (κ1) is 19.5. The number of nitrogens with zero attached hydrogens (tertiary/aromatic N) is 2. The van der Waals surface area contributed by atoms with Crippen LogP contribution in [0.5, 0.6) is 0 Å². The lowest BCUT2D eigenvalue weighted by atomic mass is 10.2. The zero-order valence-electron chi connectivity index (χ0n) is 17.4. The first-order chi connectivity index (χ1) is 13.1. The molecular weight excluding hydrogens is 344 g/mol. The van der Waals surface area contributed by atoms with E-state index in [2.05, 4.69) is 111 Å². The van der Waals surface area contributed by atoms with Crippen LogP contribution in [0.2, 0.25) is 18.1 Å². The number of aryl methyl sites for hydroxylation is 2. The highest BCUT2D eigenvalue weighted by Gasteiger charge is 2.32. The lowest BCUT2D eigenvalue weighted by Gasteiger charge is -2.28. The van der Waals surface area contributed by atoms with Crippen LogP contribution in [0.4, 0.5) is 0 Å². The van der Waals surface area contributed by atoms with E-state index in [0.717, 1.165) is 0 Å². The number of benzene rings is 2. The second kappa shape index (κ2) is 8.18. The summed E-state index contributed by atoms with van der Waals surface area (Å²) in [6.07, 6.45) is 2.07. The molecule has 0 N–H and O–H groups in total. The van der Waals surface area contributed by atoms with Gasteiger partial charge in [-0.3, -0.25) is 0 Å². The zero-order valence-corrected chi connectivity index (χ0v) is 18.4. The van der Waals surface area contributed by atoms with Crippen molar-refractivity contribution in [1.82, 2.24) is 9.13 Å². The largest absolute Gasteiger partial charge is 0.352 e. The molecule has 4 aromatic rings. The molecule has 4 rings (SSSR count). The van der Waals surface area contributed by atoms with E-state index in [9.17, 15) is 0 Å². The van der Waals surface area contributed by atoms with E-state index in [-0.39, 0.29) is 0 Å².